The molecule has 0 atom stereocenters. The van der Waals surface area contributed by atoms with Gasteiger partial charge < -0.3 is 4.74 Å². The quantitative estimate of drug-likeness (QED) is 0.752. The maximum absolute atomic E-state index is 12.0. The van der Waals surface area contributed by atoms with Crippen LogP contribution in [0.3, 0.4) is 0 Å². The topological polar surface area (TPSA) is 99.0 Å². The third kappa shape index (κ3) is 3.63. The van der Waals surface area contributed by atoms with Crippen LogP contribution >= 0.6 is 11.3 Å². The van der Waals surface area contributed by atoms with Crippen molar-refractivity contribution in [2.45, 2.75) is 6.54 Å². The summed E-state index contributed by atoms with van der Waals surface area (Å²) in [5.41, 5.74) is 2.54. The summed E-state index contributed by atoms with van der Waals surface area (Å²) < 4.78 is 6.22. The van der Waals surface area contributed by atoms with E-state index in [9.17, 15) is 9.59 Å². The van der Waals surface area contributed by atoms with Gasteiger partial charge in [0.15, 0.2) is 0 Å². The second-order valence-corrected chi connectivity index (χ2v) is 5.57. The molecule has 1 aromatic carbocycles. The van der Waals surface area contributed by atoms with Gasteiger partial charge in [-0.05, 0) is 30.3 Å². The molecule has 0 saturated carbocycles. The minimum atomic E-state index is -0.395. The summed E-state index contributed by atoms with van der Waals surface area (Å²) in [6.45, 7) is -0.206. The van der Waals surface area contributed by atoms with Crippen molar-refractivity contribution < 1.29 is 9.53 Å². The minimum Gasteiger partial charge on any atom is -0.497 e. The largest absolute Gasteiger partial charge is 0.497 e. The smallest absolute Gasteiger partial charge is 0.267 e. The molecular formula is C15H13N5O3S. The zero-order chi connectivity index (χ0) is 16.9. The van der Waals surface area contributed by atoms with Crippen LogP contribution in [0.15, 0.2) is 46.7 Å². The molecule has 3 rings (SSSR count). The van der Waals surface area contributed by atoms with Crippen LogP contribution in [-0.4, -0.2) is 33.0 Å². The first-order valence-electron chi connectivity index (χ1n) is 6.94. The molecule has 1 amide bonds. The van der Waals surface area contributed by atoms with E-state index < -0.39 is 5.91 Å². The number of aromatic nitrogens is 4. The van der Waals surface area contributed by atoms with E-state index in [0.717, 1.165) is 16.0 Å². The van der Waals surface area contributed by atoms with Crippen molar-refractivity contribution in [3.8, 4) is 17.0 Å². The van der Waals surface area contributed by atoms with Gasteiger partial charge in [-0.15, -0.1) is 10.2 Å². The van der Waals surface area contributed by atoms with E-state index in [1.165, 1.54) is 22.9 Å². The molecule has 3 aromatic rings. The summed E-state index contributed by atoms with van der Waals surface area (Å²) in [7, 11) is 1.59. The van der Waals surface area contributed by atoms with Gasteiger partial charge in [0.25, 0.3) is 5.56 Å². The Bertz CT molecular complexity index is 890. The number of hydrogen-bond acceptors (Lipinski definition) is 7. The fourth-order valence-corrected chi connectivity index (χ4v) is 2.46. The lowest BCUT2D eigenvalue weighted by molar-refractivity contribution is -0.117. The fraction of sp³-hybridized carbons (Fsp3) is 0.133. The van der Waals surface area contributed by atoms with Crippen LogP contribution in [0.2, 0.25) is 0 Å². The molecule has 122 valence electrons. The first-order valence-corrected chi connectivity index (χ1v) is 7.82. The van der Waals surface area contributed by atoms with Gasteiger partial charge in [0.05, 0.1) is 12.8 Å². The normalized spacial score (nSPS) is 10.4. The Balaban J connectivity index is 1.80. The number of amides is 1. The zero-order valence-corrected chi connectivity index (χ0v) is 13.5. The number of rotatable bonds is 5. The second kappa shape index (κ2) is 7.01. The molecule has 24 heavy (non-hydrogen) atoms. The highest BCUT2D eigenvalue weighted by atomic mass is 32.1. The summed E-state index contributed by atoms with van der Waals surface area (Å²) in [5, 5.41) is 14.5. The van der Waals surface area contributed by atoms with Gasteiger partial charge in [-0.1, -0.05) is 11.3 Å². The molecule has 0 aliphatic rings. The summed E-state index contributed by atoms with van der Waals surface area (Å²) in [5.74, 6) is 0.330. The molecule has 0 saturated heterocycles. The van der Waals surface area contributed by atoms with Crippen LogP contribution in [-0.2, 0) is 11.3 Å². The maximum Gasteiger partial charge on any atom is 0.267 e. The molecule has 9 heteroatoms. The standard InChI is InChI=1S/C15H13N5O3S/c1-23-11-4-2-10(3-5-11)12-6-7-14(22)20(19-12)8-13(21)17-15-18-16-9-24-15/h2-7,9H,8H2,1H3,(H,17,18,21). The summed E-state index contributed by atoms with van der Waals surface area (Å²) >= 11 is 1.20. The molecule has 0 radical (unpaired) electrons. The highest BCUT2D eigenvalue weighted by molar-refractivity contribution is 7.13. The predicted octanol–water partition coefficient (Wildman–Crippen LogP) is 1.41. The van der Waals surface area contributed by atoms with E-state index in [1.807, 2.05) is 12.1 Å². The first-order chi connectivity index (χ1) is 11.7. The summed E-state index contributed by atoms with van der Waals surface area (Å²) in [6, 6.07) is 10.3. The average Bonchev–Trinajstić information content (AvgIpc) is 3.10. The Morgan fingerprint density at radius 3 is 2.71 bits per heavy atom. The van der Waals surface area contributed by atoms with Crippen LogP contribution in [0.1, 0.15) is 0 Å². The maximum atomic E-state index is 12.0. The Kier molecular flexibility index (Phi) is 4.62. The molecule has 1 N–H and O–H groups in total. The van der Waals surface area contributed by atoms with Gasteiger partial charge in [-0.2, -0.15) is 5.10 Å². The predicted molar refractivity (Wildman–Crippen MR) is 89.0 cm³/mol. The molecule has 2 heterocycles. The molecule has 0 aliphatic heterocycles. The monoisotopic (exact) mass is 343 g/mol. The Labute approximate surface area is 140 Å². The number of benzene rings is 1. The third-order valence-corrected chi connectivity index (χ3v) is 3.76. The number of anilines is 1. The molecule has 0 bridgehead atoms. The van der Waals surface area contributed by atoms with Crippen molar-refractivity contribution in [3.05, 3.63) is 52.3 Å². The molecule has 8 nitrogen and oxygen atoms in total. The number of ether oxygens (including phenoxy) is 1. The number of nitrogens with zero attached hydrogens (tertiary/aromatic N) is 4. The lowest BCUT2D eigenvalue weighted by Crippen LogP contribution is -2.29. The van der Waals surface area contributed by atoms with E-state index in [4.69, 9.17) is 4.74 Å². The molecule has 0 spiro atoms. The van der Waals surface area contributed by atoms with Gasteiger partial charge >= 0.3 is 0 Å². The minimum absolute atomic E-state index is 0.206. The van der Waals surface area contributed by atoms with Crippen molar-refractivity contribution in [3.63, 3.8) is 0 Å². The highest BCUT2D eigenvalue weighted by Gasteiger charge is 2.09. The number of nitrogens with one attached hydrogen (secondary N) is 1. The van der Waals surface area contributed by atoms with E-state index in [0.29, 0.717) is 10.8 Å². The Morgan fingerprint density at radius 1 is 1.25 bits per heavy atom. The highest BCUT2D eigenvalue weighted by Crippen LogP contribution is 2.19. The number of carbonyl (C=O) groups is 1. The fourth-order valence-electron chi connectivity index (χ4n) is 2.00. The number of hydrogen-bond donors (Lipinski definition) is 1. The van der Waals surface area contributed by atoms with Crippen molar-refractivity contribution in [1.29, 1.82) is 0 Å². The lowest BCUT2D eigenvalue weighted by Gasteiger charge is -2.07. The van der Waals surface area contributed by atoms with Gasteiger partial charge in [0.1, 0.15) is 17.8 Å². The van der Waals surface area contributed by atoms with Crippen LogP contribution < -0.4 is 15.6 Å². The Morgan fingerprint density at radius 2 is 2.04 bits per heavy atom. The summed E-state index contributed by atoms with van der Waals surface area (Å²) in [6.07, 6.45) is 0. The van der Waals surface area contributed by atoms with Gasteiger partial charge in [0, 0.05) is 11.6 Å². The van der Waals surface area contributed by atoms with E-state index >= 15 is 0 Å². The molecule has 0 aliphatic carbocycles. The van der Waals surface area contributed by atoms with Crippen LogP contribution in [0, 0.1) is 0 Å². The molecular weight excluding hydrogens is 330 g/mol. The van der Waals surface area contributed by atoms with Gasteiger partial charge in [-0.3, -0.25) is 14.9 Å². The SMILES string of the molecule is COc1ccc(-c2ccc(=O)n(CC(=O)Nc3nncs3)n2)cc1. The van der Waals surface area contributed by atoms with E-state index in [2.05, 4.69) is 20.6 Å². The number of methoxy groups -OCH3 is 1. The lowest BCUT2D eigenvalue weighted by atomic mass is 10.1. The third-order valence-electron chi connectivity index (χ3n) is 3.15. The van der Waals surface area contributed by atoms with Crippen LogP contribution in [0.4, 0.5) is 5.13 Å². The average molecular weight is 343 g/mol. The van der Waals surface area contributed by atoms with Crippen molar-refractivity contribution in [1.82, 2.24) is 20.0 Å². The van der Waals surface area contributed by atoms with Gasteiger partial charge in [0.2, 0.25) is 11.0 Å². The number of carbonyl (C=O) groups excluding carboxylic acids is 1. The molecule has 0 unspecified atom stereocenters. The summed E-state index contributed by atoms with van der Waals surface area (Å²) in [4.78, 5) is 23.9. The van der Waals surface area contributed by atoms with Crippen molar-refractivity contribution in [2.24, 2.45) is 0 Å². The van der Waals surface area contributed by atoms with Crippen molar-refractivity contribution >= 4 is 22.4 Å². The van der Waals surface area contributed by atoms with Crippen LogP contribution in [0.5, 0.6) is 5.75 Å². The molecule has 2 aromatic heterocycles. The Hall–Kier alpha value is -3.07. The second-order valence-electron chi connectivity index (χ2n) is 4.74. The van der Waals surface area contributed by atoms with Gasteiger partial charge in [-0.25, -0.2) is 4.68 Å². The van der Waals surface area contributed by atoms with Crippen LogP contribution in [0.25, 0.3) is 11.3 Å². The molecule has 0 fully saturated rings. The van der Waals surface area contributed by atoms with E-state index in [-0.39, 0.29) is 12.1 Å². The zero-order valence-electron chi connectivity index (χ0n) is 12.7. The first kappa shape index (κ1) is 15.8. The van der Waals surface area contributed by atoms with E-state index in [1.54, 1.807) is 25.3 Å². The van der Waals surface area contributed by atoms with Crippen molar-refractivity contribution in [2.75, 3.05) is 12.4 Å².